The maximum absolute atomic E-state index is 13.2. The van der Waals surface area contributed by atoms with Crippen LogP contribution in [0.3, 0.4) is 0 Å². The fourth-order valence-electron chi connectivity index (χ4n) is 5.73. The van der Waals surface area contributed by atoms with Gasteiger partial charge in [-0.25, -0.2) is 4.39 Å². The van der Waals surface area contributed by atoms with Crippen molar-refractivity contribution in [2.75, 3.05) is 19.7 Å². The second-order valence-electron chi connectivity index (χ2n) is 9.62. The molecule has 1 N–H and O–H groups in total. The first kappa shape index (κ1) is 22.6. The molecule has 2 aromatic rings. The van der Waals surface area contributed by atoms with Gasteiger partial charge < -0.3 is 14.9 Å². The number of carbonyl (C=O) groups excluding carboxylic acids is 2. The molecule has 1 saturated carbocycles. The molecule has 3 atom stereocenters. The summed E-state index contributed by atoms with van der Waals surface area (Å²) in [5.41, 5.74) is 2.36. The quantitative estimate of drug-likeness (QED) is 0.710. The largest absolute Gasteiger partial charge is 0.394 e. The number of benzene rings is 2. The summed E-state index contributed by atoms with van der Waals surface area (Å²) in [5, 5.41) is 10.00. The lowest BCUT2D eigenvalue weighted by Crippen LogP contribution is -2.73. The van der Waals surface area contributed by atoms with Gasteiger partial charge in [0, 0.05) is 30.0 Å². The molecule has 0 aromatic heterocycles. The minimum Gasteiger partial charge on any atom is -0.394 e. The molecule has 2 saturated heterocycles. The van der Waals surface area contributed by atoms with Crippen molar-refractivity contribution < 1.29 is 19.1 Å². The number of halogens is 1. The Kier molecular flexibility index (Phi) is 6.38. The summed E-state index contributed by atoms with van der Waals surface area (Å²) < 4.78 is 13.2. The van der Waals surface area contributed by atoms with Crippen LogP contribution >= 0.6 is 0 Å². The Morgan fingerprint density at radius 2 is 1.76 bits per heavy atom. The van der Waals surface area contributed by atoms with Crippen molar-refractivity contribution in [3.05, 3.63) is 71.0 Å². The average Bonchev–Trinajstić information content (AvgIpc) is 3.35. The topological polar surface area (TPSA) is 60.9 Å². The number of piperazine rings is 1. The fraction of sp³-hybridized carbons (Fsp3) is 0.429. The summed E-state index contributed by atoms with van der Waals surface area (Å²) in [5.74, 6) is 6.40. The van der Waals surface area contributed by atoms with Gasteiger partial charge in [-0.05, 0) is 60.7 Å². The first-order valence-corrected chi connectivity index (χ1v) is 12.1. The summed E-state index contributed by atoms with van der Waals surface area (Å²) in [7, 11) is 0. The fourth-order valence-corrected chi connectivity index (χ4v) is 5.73. The molecule has 34 heavy (non-hydrogen) atoms. The molecule has 0 unspecified atom stereocenters. The zero-order valence-corrected chi connectivity index (χ0v) is 19.1. The molecular formula is C28H29FN2O3. The van der Waals surface area contributed by atoms with Crippen LogP contribution in [0.25, 0.3) is 0 Å². The van der Waals surface area contributed by atoms with E-state index in [1.165, 1.54) is 54.8 Å². The summed E-state index contributed by atoms with van der Waals surface area (Å²) in [4.78, 5) is 29.0. The van der Waals surface area contributed by atoms with Gasteiger partial charge in [-0.1, -0.05) is 36.8 Å². The van der Waals surface area contributed by atoms with Gasteiger partial charge in [0.25, 0.3) is 5.91 Å². The van der Waals surface area contributed by atoms with E-state index in [2.05, 4.69) is 11.8 Å². The lowest BCUT2D eigenvalue weighted by Gasteiger charge is -2.58. The van der Waals surface area contributed by atoms with E-state index in [1.807, 2.05) is 24.3 Å². The van der Waals surface area contributed by atoms with Gasteiger partial charge >= 0.3 is 0 Å². The third-order valence-electron chi connectivity index (χ3n) is 7.52. The van der Waals surface area contributed by atoms with Crippen molar-refractivity contribution in [3.63, 3.8) is 0 Å². The second-order valence-corrected chi connectivity index (χ2v) is 9.62. The van der Waals surface area contributed by atoms with Crippen LogP contribution in [-0.2, 0) is 4.79 Å². The molecule has 2 amide bonds. The van der Waals surface area contributed by atoms with Crippen LogP contribution in [-0.4, -0.2) is 58.5 Å². The molecule has 2 aromatic carbocycles. The zero-order valence-electron chi connectivity index (χ0n) is 19.1. The highest BCUT2D eigenvalue weighted by Crippen LogP contribution is 2.43. The van der Waals surface area contributed by atoms with E-state index in [0.29, 0.717) is 12.1 Å². The van der Waals surface area contributed by atoms with Crippen molar-refractivity contribution in [3.8, 4) is 11.8 Å². The van der Waals surface area contributed by atoms with Gasteiger partial charge in [0.15, 0.2) is 0 Å². The van der Waals surface area contributed by atoms with Crippen LogP contribution in [0.4, 0.5) is 4.39 Å². The molecule has 0 radical (unpaired) electrons. The first-order chi connectivity index (χ1) is 16.5. The predicted molar refractivity (Wildman–Crippen MR) is 126 cm³/mol. The van der Waals surface area contributed by atoms with Gasteiger partial charge in [0.1, 0.15) is 12.4 Å². The Labute approximate surface area is 199 Å². The van der Waals surface area contributed by atoms with E-state index < -0.39 is 5.82 Å². The number of fused-ring (bicyclic) bond motifs is 1. The normalized spacial score (nSPS) is 24.3. The molecule has 1 aliphatic carbocycles. The van der Waals surface area contributed by atoms with Gasteiger partial charge in [0.2, 0.25) is 5.91 Å². The molecule has 176 valence electrons. The molecule has 0 bridgehead atoms. The van der Waals surface area contributed by atoms with Crippen LogP contribution in [0.2, 0.25) is 0 Å². The van der Waals surface area contributed by atoms with E-state index in [-0.39, 0.29) is 43.0 Å². The number of hydrogen-bond donors (Lipinski definition) is 1. The number of amides is 2. The molecule has 3 aliphatic rings. The lowest BCUT2D eigenvalue weighted by molar-refractivity contribution is -0.159. The Morgan fingerprint density at radius 3 is 2.44 bits per heavy atom. The summed E-state index contributed by atoms with van der Waals surface area (Å²) >= 11 is 0. The number of aliphatic hydroxyl groups excluding tert-OH is 1. The van der Waals surface area contributed by atoms with E-state index in [1.54, 1.807) is 4.90 Å². The molecule has 3 fully saturated rings. The number of carbonyl (C=O) groups is 2. The molecule has 6 heteroatoms. The highest BCUT2D eigenvalue weighted by molar-refractivity contribution is 5.97. The van der Waals surface area contributed by atoms with Crippen LogP contribution in [0.5, 0.6) is 0 Å². The second kappa shape index (κ2) is 9.60. The van der Waals surface area contributed by atoms with Crippen molar-refractivity contribution >= 4 is 11.8 Å². The van der Waals surface area contributed by atoms with Gasteiger partial charge in [0.05, 0.1) is 18.7 Å². The lowest BCUT2D eigenvalue weighted by atomic mass is 9.73. The number of nitrogens with zero attached hydrogens (tertiary/aromatic N) is 2. The van der Waals surface area contributed by atoms with Crippen molar-refractivity contribution in [1.29, 1.82) is 0 Å². The van der Waals surface area contributed by atoms with E-state index in [9.17, 15) is 19.1 Å². The summed E-state index contributed by atoms with van der Waals surface area (Å²) in [6, 6.07) is 12.9. The maximum atomic E-state index is 13.2. The Balaban J connectivity index is 1.29. The number of rotatable bonds is 4. The minimum atomic E-state index is -0.408. The average molecular weight is 461 g/mol. The van der Waals surface area contributed by atoms with E-state index in [0.717, 1.165) is 23.5 Å². The maximum Gasteiger partial charge on any atom is 0.254 e. The number of hydrogen-bond acceptors (Lipinski definition) is 3. The smallest absolute Gasteiger partial charge is 0.254 e. The van der Waals surface area contributed by atoms with Crippen LogP contribution in [0, 0.1) is 23.6 Å². The monoisotopic (exact) mass is 460 g/mol. The third kappa shape index (κ3) is 4.33. The molecule has 2 aliphatic heterocycles. The molecule has 0 spiro atoms. The zero-order chi connectivity index (χ0) is 23.7. The third-order valence-corrected chi connectivity index (χ3v) is 7.52. The Morgan fingerprint density at radius 1 is 1.06 bits per heavy atom. The predicted octanol–water partition coefficient (Wildman–Crippen LogP) is 3.57. The summed E-state index contributed by atoms with van der Waals surface area (Å²) in [6.07, 6.45) is 6.17. The molecular weight excluding hydrogens is 431 g/mol. The van der Waals surface area contributed by atoms with Gasteiger partial charge in [-0.2, -0.15) is 0 Å². The van der Waals surface area contributed by atoms with Gasteiger partial charge in [-0.3, -0.25) is 9.59 Å². The molecule has 5 rings (SSSR count). The Hall–Kier alpha value is -3.17. The van der Waals surface area contributed by atoms with Crippen LogP contribution in [0.1, 0.15) is 59.5 Å². The first-order valence-electron chi connectivity index (χ1n) is 12.1. The standard InChI is InChI=1S/C28H29FN2O3/c29-23-14-12-22(13-15-23)28(34)30-16-24-27(25(18-32)31(24)26(33)17-30)21-10-8-20(9-11-21)7-3-6-19-4-1-2-5-19/h8-15,19,24-25,27,32H,1-2,4-6,16-18H2/t24-,25+,27-/m0/s1. The summed E-state index contributed by atoms with van der Waals surface area (Å²) in [6.45, 7) is 0.222. The Bertz CT molecular complexity index is 1110. The van der Waals surface area contributed by atoms with Crippen LogP contribution < -0.4 is 0 Å². The van der Waals surface area contributed by atoms with E-state index >= 15 is 0 Å². The van der Waals surface area contributed by atoms with Crippen molar-refractivity contribution in [2.45, 2.75) is 50.1 Å². The number of aliphatic hydroxyl groups is 1. The highest BCUT2D eigenvalue weighted by Gasteiger charge is 2.54. The van der Waals surface area contributed by atoms with Gasteiger partial charge in [-0.15, -0.1) is 0 Å². The van der Waals surface area contributed by atoms with E-state index in [4.69, 9.17) is 0 Å². The van der Waals surface area contributed by atoms with Crippen molar-refractivity contribution in [1.82, 2.24) is 9.80 Å². The highest BCUT2D eigenvalue weighted by atomic mass is 19.1. The molecule has 2 heterocycles. The SMILES string of the molecule is O=C(c1ccc(F)cc1)N1CC(=O)N2[C@H](CO)[C@@H](c3ccc(C#CCC4CCCC4)cc3)[C@@H]2C1. The van der Waals surface area contributed by atoms with Crippen LogP contribution in [0.15, 0.2) is 48.5 Å². The molecule has 5 nitrogen and oxygen atoms in total. The minimum absolute atomic E-state index is 0.0363. The van der Waals surface area contributed by atoms with Crippen molar-refractivity contribution in [2.24, 2.45) is 5.92 Å².